The van der Waals surface area contributed by atoms with Crippen molar-refractivity contribution < 1.29 is 4.79 Å². The average molecular weight is 305 g/mol. The summed E-state index contributed by atoms with van der Waals surface area (Å²) in [5.41, 5.74) is 5.41. The van der Waals surface area contributed by atoms with Crippen LogP contribution in [0.15, 0.2) is 15.9 Å². The van der Waals surface area contributed by atoms with Crippen molar-refractivity contribution in [3.8, 4) is 0 Å². The predicted molar refractivity (Wildman–Crippen MR) is 71.3 cm³/mol. The lowest BCUT2D eigenvalue weighted by molar-refractivity contribution is -0.124. The third-order valence-corrected chi connectivity index (χ3v) is 3.98. The molecule has 5 heteroatoms. The fourth-order valence-electron chi connectivity index (χ4n) is 1.35. The van der Waals surface area contributed by atoms with Crippen LogP contribution < -0.4 is 11.1 Å². The molecule has 16 heavy (non-hydrogen) atoms. The first-order valence-corrected chi connectivity index (χ1v) is 6.96. The molecule has 0 aromatic carbocycles. The first-order valence-electron chi connectivity index (χ1n) is 5.35. The summed E-state index contributed by atoms with van der Waals surface area (Å²) in [7, 11) is 0. The Hall–Kier alpha value is -0.390. The van der Waals surface area contributed by atoms with Gasteiger partial charge < -0.3 is 11.1 Å². The Morgan fingerprint density at radius 1 is 1.62 bits per heavy atom. The molecule has 90 valence electrons. The third-order valence-electron chi connectivity index (χ3n) is 2.35. The monoisotopic (exact) mass is 304 g/mol. The Labute approximate surface area is 109 Å². The number of carbonyl (C=O) groups excluding carboxylic acids is 1. The Morgan fingerprint density at radius 3 is 2.94 bits per heavy atom. The van der Waals surface area contributed by atoms with Crippen LogP contribution in [0.25, 0.3) is 0 Å². The maximum Gasteiger partial charge on any atom is 0.223 e. The molecule has 0 aliphatic heterocycles. The van der Waals surface area contributed by atoms with E-state index in [-0.39, 0.29) is 11.8 Å². The number of nitrogens with two attached hydrogens (primary N) is 1. The average Bonchev–Trinajstić information content (AvgIpc) is 2.68. The van der Waals surface area contributed by atoms with Crippen molar-refractivity contribution >= 4 is 33.2 Å². The summed E-state index contributed by atoms with van der Waals surface area (Å²) in [4.78, 5) is 12.8. The van der Waals surface area contributed by atoms with Gasteiger partial charge in [0.15, 0.2) is 0 Å². The molecular formula is C11H17BrN2OS. The number of thiophene rings is 1. The zero-order valence-corrected chi connectivity index (χ0v) is 11.7. The molecule has 0 saturated carbocycles. The van der Waals surface area contributed by atoms with Crippen LogP contribution >= 0.6 is 27.3 Å². The highest BCUT2D eigenvalue weighted by atomic mass is 79.9. The van der Waals surface area contributed by atoms with Gasteiger partial charge in [-0.2, -0.15) is 0 Å². The summed E-state index contributed by atoms with van der Waals surface area (Å²) < 4.78 is 1.09. The molecule has 1 aromatic heterocycles. The van der Waals surface area contributed by atoms with Crippen LogP contribution in [0.3, 0.4) is 0 Å². The van der Waals surface area contributed by atoms with Gasteiger partial charge in [-0.15, -0.1) is 11.3 Å². The molecule has 0 aliphatic carbocycles. The number of hydrogen-bond donors (Lipinski definition) is 2. The number of nitrogens with one attached hydrogen (secondary N) is 1. The molecule has 1 atom stereocenters. The largest absolute Gasteiger partial charge is 0.351 e. The van der Waals surface area contributed by atoms with Gasteiger partial charge in [0, 0.05) is 10.8 Å². The molecule has 0 aliphatic rings. The van der Waals surface area contributed by atoms with Crippen LogP contribution in [0.4, 0.5) is 0 Å². The number of carbonyl (C=O) groups is 1. The molecule has 0 radical (unpaired) electrons. The van der Waals surface area contributed by atoms with Gasteiger partial charge in [-0.05, 0) is 47.4 Å². The van der Waals surface area contributed by atoms with Crippen molar-refractivity contribution in [1.82, 2.24) is 5.32 Å². The quantitative estimate of drug-likeness (QED) is 0.848. The van der Waals surface area contributed by atoms with Crippen molar-refractivity contribution in [1.29, 1.82) is 0 Å². The van der Waals surface area contributed by atoms with Gasteiger partial charge in [0.2, 0.25) is 5.91 Å². The topological polar surface area (TPSA) is 55.1 Å². The van der Waals surface area contributed by atoms with Crippen molar-refractivity contribution in [3.05, 3.63) is 20.8 Å². The highest BCUT2D eigenvalue weighted by molar-refractivity contribution is 9.11. The van der Waals surface area contributed by atoms with Crippen LogP contribution in [0.2, 0.25) is 0 Å². The first kappa shape index (κ1) is 13.7. The van der Waals surface area contributed by atoms with E-state index in [4.69, 9.17) is 5.73 Å². The van der Waals surface area contributed by atoms with Crippen molar-refractivity contribution in [2.75, 3.05) is 6.54 Å². The number of hydrogen-bond acceptors (Lipinski definition) is 3. The molecule has 1 amide bonds. The zero-order valence-electron chi connectivity index (χ0n) is 9.33. The van der Waals surface area contributed by atoms with E-state index in [0.29, 0.717) is 13.1 Å². The normalized spacial score (nSPS) is 12.4. The van der Waals surface area contributed by atoms with Gasteiger partial charge in [-0.3, -0.25) is 4.79 Å². The standard InChI is InChI=1S/C11H17BrN2OS/c1-8(3-2-6-13)11(15)14-7-9-4-5-10(12)16-9/h4-5,8H,2-3,6-7,13H2,1H3,(H,14,15). The Bertz CT molecular complexity index is 340. The molecule has 1 aromatic rings. The molecule has 0 saturated heterocycles. The Morgan fingerprint density at radius 2 is 2.38 bits per heavy atom. The maximum absolute atomic E-state index is 11.7. The molecule has 1 heterocycles. The highest BCUT2D eigenvalue weighted by Crippen LogP contribution is 2.21. The van der Waals surface area contributed by atoms with Crippen LogP contribution in [-0.2, 0) is 11.3 Å². The van der Waals surface area contributed by atoms with Crippen LogP contribution in [0, 0.1) is 5.92 Å². The lowest BCUT2D eigenvalue weighted by Crippen LogP contribution is -2.28. The maximum atomic E-state index is 11.7. The molecule has 0 bridgehead atoms. The lowest BCUT2D eigenvalue weighted by atomic mass is 10.1. The SMILES string of the molecule is CC(CCCN)C(=O)NCc1ccc(Br)s1. The molecule has 3 N–H and O–H groups in total. The number of rotatable bonds is 6. The van der Waals surface area contributed by atoms with E-state index in [2.05, 4.69) is 21.2 Å². The fraction of sp³-hybridized carbons (Fsp3) is 0.545. The van der Waals surface area contributed by atoms with Crippen LogP contribution in [-0.4, -0.2) is 12.5 Å². The van der Waals surface area contributed by atoms with E-state index in [1.165, 1.54) is 0 Å². The molecular weight excluding hydrogens is 288 g/mol. The van der Waals surface area contributed by atoms with Gasteiger partial charge >= 0.3 is 0 Å². The number of amides is 1. The van der Waals surface area contributed by atoms with E-state index in [0.717, 1.165) is 21.5 Å². The highest BCUT2D eigenvalue weighted by Gasteiger charge is 2.11. The minimum Gasteiger partial charge on any atom is -0.351 e. The van der Waals surface area contributed by atoms with Gasteiger partial charge in [-0.1, -0.05) is 6.92 Å². The molecule has 0 fully saturated rings. The Balaban J connectivity index is 2.29. The summed E-state index contributed by atoms with van der Waals surface area (Å²) >= 11 is 5.04. The second-order valence-corrected chi connectivity index (χ2v) is 6.30. The minimum atomic E-state index is 0.0481. The van der Waals surface area contributed by atoms with Crippen LogP contribution in [0.5, 0.6) is 0 Å². The summed E-state index contributed by atoms with van der Waals surface area (Å²) in [6.07, 6.45) is 1.76. The van der Waals surface area contributed by atoms with Gasteiger partial charge in [-0.25, -0.2) is 0 Å². The second-order valence-electron chi connectivity index (χ2n) is 3.76. The molecule has 1 rings (SSSR count). The fourth-order valence-corrected chi connectivity index (χ4v) is 2.77. The van der Waals surface area contributed by atoms with E-state index in [9.17, 15) is 4.79 Å². The van der Waals surface area contributed by atoms with E-state index < -0.39 is 0 Å². The van der Waals surface area contributed by atoms with Crippen LogP contribution in [0.1, 0.15) is 24.6 Å². The second kappa shape index (κ2) is 7.04. The van der Waals surface area contributed by atoms with Crippen molar-refractivity contribution in [2.24, 2.45) is 11.7 Å². The molecule has 1 unspecified atom stereocenters. The lowest BCUT2D eigenvalue weighted by Gasteiger charge is -2.10. The summed E-state index contributed by atoms with van der Waals surface area (Å²) in [5, 5.41) is 2.93. The summed E-state index contributed by atoms with van der Waals surface area (Å²) in [6, 6.07) is 4.00. The zero-order chi connectivity index (χ0) is 12.0. The first-order chi connectivity index (χ1) is 7.63. The minimum absolute atomic E-state index is 0.0481. The van der Waals surface area contributed by atoms with Crippen molar-refractivity contribution in [3.63, 3.8) is 0 Å². The molecule has 3 nitrogen and oxygen atoms in total. The summed E-state index contributed by atoms with van der Waals surface area (Å²) in [5.74, 6) is 0.157. The van der Waals surface area contributed by atoms with Gasteiger partial charge in [0.05, 0.1) is 10.3 Å². The summed E-state index contributed by atoms with van der Waals surface area (Å²) in [6.45, 7) is 3.20. The predicted octanol–water partition coefficient (Wildman–Crippen LogP) is 2.50. The molecule has 0 spiro atoms. The third kappa shape index (κ3) is 4.63. The van der Waals surface area contributed by atoms with Gasteiger partial charge in [0.25, 0.3) is 0 Å². The smallest absolute Gasteiger partial charge is 0.223 e. The van der Waals surface area contributed by atoms with Crippen molar-refractivity contribution in [2.45, 2.75) is 26.3 Å². The number of halogens is 1. The van der Waals surface area contributed by atoms with Gasteiger partial charge in [0.1, 0.15) is 0 Å². The van der Waals surface area contributed by atoms with E-state index in [1.807, 2.05) is 19.1 Å². The van der Waals surface area contributed by atoms with E-state index in [1.54, 1.807) is 11.3 Å². The Kier molecular flexibility index (Phi) is 6.01. The van der Waals surface area contributed by atoms with E-state index >= 15 is 0 Å².